The largest absolute Gasteiger partial charge is 0.482 e. The van der Waals surface area contributed by atoms with Gasteiger partial charge in [0.25, 0.3) is 0 Å². The van der Waals surface area contributed by atoms with Gasteiger partial charge in [-0.25, -0.2) is 4.79 Å². The molecule has 0 aromatic heterocycles. The number of hydrogen-bond donors (Lipinski definition) is 1. The molecule has 5 atom stereocenters. The molecule has 0 amide bonds. The number of aliphatic carboxylic acids is 1. The Morgan fingerprint density at radius 1 is 0.980 bits per heavy atom. The van der Waals surface area contributed by atoms with Crippen LogP contribution in [0, 0.1) is 11.8 Å². The van der Waals surface area contributed by atoms with E-state index in [4.69, 9.17) is 18.9 Å². The second kappa shape index (κ2) is 11.7. The van der Waals surface area contributed by atoms with Gasteiger partial charge in [-0.05, 0) is 93.2 Å². The molecule has 9 nitrogen and oxygen atoms in total. The zero-order valence-corrected chi connectivity index (χ0v) is 29.9. The van der Waals surface area contributed by atoms with E-state index in [0.29, 0.717) is 36.1 Å². The van der Waals surface area contributed by atoms with Crippen molar-refractivity contribution < 1.29 is 43.2 Å². The van der Waals surface area contributed by atoms with Gasteiger partial charge >= 0.3 is 11.9 Å². The van der Waals surface area contributed by atoms with E-state index >= 15 is 4.79 Å². The lowest BCUT2D eigenvalue weighted by Gasteiger charge is -2.56. The number of ketones is 2. The molecule has 7 rings (SSSR count). The molecular formula is C40H46O9. The van der Waals surface area contributed by atoms with E-state index in [9.17, 15) is 19.5 Å². The van der Waals surface area contributed by atoms with Gasteiger partial charge in [0.05, 0.1) is 11.2 Å². The van der Waals surface area contributed by atoms with Crippen molar-refractivity contribution in [1.29, 1.82) is 0 Å². The predicted octanol–water partition coefficient (Wildman–Crippen LogP) is 7.46. The molecule has 1 spiro atoms. The summed E-state index contributed by atoms with van der Waals surface area (Å²) in [6, 6.07) is 0. The summed E-state index contributed by atoms with van der Waals surface area (Å²) in [7, 11) is 0. The minimum Gasteiger partial charge on any atom is -0.482 e. The van der Waals surface area contributed by atoms with Gasteiger partial charge in [-0.3, -0.25) is 14.4 Å². The van der Waals surface area contributed by atoms with Crippen LogP contribution in [0.3, 0.4) is 0 Å². The smallest absolute Gasteiger partial charge is 0.330 e. The van der Waals surface area contributed by atoms with Gasteiger partial charge in [-0.2, -0.15) is 0 Å². The molecule has 1 aromatic carbocycles. The monoisotopic (exact) mass is 670 g/mol. The molecule has 4 bridgehead atoms. The highest BCUT2D eigenvalue weighted by molar-refractivity contribution is 6.19. The first-order chi connectivity index (χ1) is 22.9. The van der Waals surface area contributed by atoms with Crippen molar-refractivity contribution in [2.75, 3.05) is 0 Å². The molecule has 1 saturated carbocycles. The maximum atomic E-state index is 15.1. The van der Waals surface area contributed by atoms with Crippen molar-refractivity contribution in [3.63, 3.8) is 0 Å². The van der Waals surface area contributed by atoms with Gasteiger partial charge in [0, 0.05) is 41.9 Å². The van der Waals surface area contributed by atoms with E-state index in [1.54, 1.807) is 6.08 Å². The van der Waals surface area contributed by atoms with Crippen LogP contribution in [0.15, 0.2) is 52.7 Å². The Bertz CT molecular complexity index is 1840. The van der Waals surface area contributed by atoms with Gasteiger partial charge in [-0.1, -0.05) is 35.5 Å². The molecule has 2 fully saturated rings. The lowest BCUT2D eigenvalue weighted by Crippen LogP contribution is -2.72. The van der Waals surface area contributed by atoms with Crippen molar-refractivity contribution >= 4 is 29.6 Å². The van der Waals surface area contributed by atoms with E-state index in [1.807, 2.05) is 66.7 Å². The summed E-state index contributed by atoms with van der Waals surface area (Å²) in [4.78, 5) is 54.0. The number of esters is 1. The van der Waals surface area contributed by atoms with Gasteiger partial charge in [-0.15, -0.1) is 0 Å². The summed E-state index contributed by atoms with van der Waals surface area (Å²) in [5.41, 5.74) is -1.08. The van der Waals surface area contributed by atoms with Crippen LogP contribution >= 0.6 is 0 Å². The number of rotatable bonds is 9. The number of ether oxygens (including phenoxy) is 4. The van der Waals surface area contributed by atoms with Crippen LogP contribution < -0.4 is 14.2 Å². The normalized spacial score (nSPS) is 29.9. The average molecular weight is 671 g/mol. The standard InChI is InChI=1S/C40H46O9/c1-21(2)11-10-16-38(9)17-15-27-32(47-38)26(13-12-22(3)4)34-30(33(27)46-24(6)41)31(42)28-19-25-20-29-37(7,8)49-39(35(25)43,40(28,29)48-34)18-14-23(5)36(44)45/h11-12,14-15,17,19,25,29H,10,13,16,18,20H2,1-9H3,(H,44,45)/b23-14+/t25-,29+,38-,39?,40-/m1/s1. The third-order valence-corrected chi connectivity index (χ3v) is 10.7. The maximum Gasteiger partial charge on any atom is 0.330 e. The molecule has 3 aliphatic heterocycles. The van der Waals surface area contributed by atoms with Crippen molar-refractivity contribution in [2.45, 2.75) is 117 Å². The first-order valence-corrected chi connectivity index (χ1v) is 17.0. The van der Waals surface area contributed by atoms with Crippen LogP contribution in [0.4, 0.5) is 0 Å². The average Bonchev–Trinajstić information content (AvgIpc) is 3.15. The summed E-state index contributed by atoms with van der Waals surface area (Å²) in [6.07, 6.45) is 13.3. The molecule has 1 N–H and O–H groups in total. The molecule has 3 heterocycles. The summed E-state index contributed by atoms with van der Waals surface area (Å²) in [6.45, 7) is 16.6. The molecule has 6 aliphatic rings. The zero-order chi connectivity index (χ0) is 35.8. The van der Waals surface area contributed by atoms with Gasteiger partial charge in [0.15, 0.2) is 28.5 Å². The van der Waals surface area contributed by atoms with Crippen LogP contribution in [-0.4, -0.2) is 51.0 Å². The Morgan fingerprint density at radius 2 is 1.67 bits per heavy atom. The number of Topliss-reactive ketones (excluding diaryl/α,β-unsaturated/α-hetero) is 2. The number of hydrogen-bond acceptors (Lipinski definition) is 8. The van der Waals surface area contributed by atoms with Gasteiger partial charge in [0.2, 0.25) is 0 Å². The van der Waals surface area contributed by atoms with E-state index in [2.05, 4.69) is 6.08 Å². The summed E-state index contributed by atoms with van der Waals surface area (Å²) in [5.74, 6) is -2.71. The fourth-order valence-corrected chi connectivity index (χ4v) is 8.41. The minimum absolute atomic E-state index is 0.0535. The summed E-state index contributed by atoms with van der Waals surface area (Å²) >= 11 is 0. The van der Waals surface area contributed by atoms with Crippen molar-refractivity contribution in [1.82, 2.24) is 0 Å². The van der Waals surface area contributed by atoms with E-state index in [1.165, 1.54) is 25.5 Å². The molecule has 1 unspecified atom stereocenters. The molecule has 0 radical (unpaired) electrons. The number of carboxylic acids is 1. The zero-order valence-electron chi connectivity index (χ0n) is 29.9. The van der Waals surface area contributed by atoms with Crippen LogP contribution in [-0.2, 0) is 25.5 Å². The number of benzene rings is 1. The second-order valence-electron chi connectivity index (χ2n) is 15.3. The molecule has 260 valence electrons. The third-order valence-electron chi connectivity index (χ3n) is 10.7. The lowest BCUT2D eigenvalue weighted by atomic mass is 9.51. The Kier molecular flexibility index (Phi) is 8.25. The van der Waals surface area contributed by atoms with E-state index in [0.717, 1.165) is 12.0 Å². The van der Waals surface area contributed by atoms with E-state index < -0.39 is 52.0 Å². The predicted molar refractivity (Wildman–Crippen MR) is 184 cm³/mol. The fraction of sp³-hybridized carbons (Fsp3) is 0.500. The molecule has 9 heteroatoms. The molecule has 49 heavy (non-hydrogen) atoms. The first kappa shape index (κ1) is 34.6. The second-order valence-corrected chi connectivity index (χ2v) is 15.3. The van der Waals surface area contributed by atoms with Crippen molar-refractivity contribution in [3.05, 3.63) is 69.4 Å². The Morgan fingerprint density at radius 3 is 2.31 bits per heavy atom. The number of carboxylic acid groups (broad SMARTS) is 1. The van der Waals surface area contributed by atoms with Crippen molar-refractivity contribution in [2.24, 2.45) is 11.8 Å². The number of fused-ring (bicyclic) bond motifs is 2. The quantitative estimate of drug-likeness (QED) is 0.123. The fourth-order valence-electron chi connectivity index (χ4n) is 8.41. The van der Waals surface area contributed by atoms with E-state index in [-0.39, 0.29) is 40.4 Å². The Hall–Kier alpha value is -4.24. The molecule has 3 aliphatic carbocycles. The number of carbonyl (C=O) groups is 4. The Labute approximate surface area is 287 Å². The molecular weight excluding hydrogens is 624 g/mol. The highest BCUT2D eigenvalue weighted by atomic mass is 16.6. The summed E-state index contributed by atoms with van der Waals surface area (Å²) < 4.78 is 26.7. The highest BCUT2D eigenvalue weighted by Crippen LogP contribution is 2.68. The highest BCUT2D eigenvalue weighted by Gasteiger charge is 2.81. The SMILES string of the molecule is CC(=O)Oc1c2c(c(CC=C(C)C)c3c1C(=O)C1=C[C@@H]4C[C@H]5C(C)(C)OC(C/C=C(\C)C(=O)O)(C4=O)[C@@]15O3)O[C@](C)(CCC=C(C)C)C=C2. The first-order valence-electron chi connectivity index (χ1n) is 17.0. The van der Waals surface area contributed by atoms with Crippen LogP contribution in [0.5, 0.6) is 17.2 Å². The lowest BCUT2D eigenvalue weighted by molar-refractivity contribution is -0.171. The summed E-state index contributed by atoms with van der Waals surface area (Å²) in [5, 5.41) is 9.70. The molecule has 1 saturated heterocycles. The third kappa shape index (κ3) is 5.23. The van der Waals surface area contributed by atoms with Crippen LogP contribution in [0.25, 0.3) is 6.08 Å². The van der Waals surface area contributed by atoms with Gasteiger partial charge in [0.1, 0.15) is 22.7 Å². The van der Waals surface area contributed by atoms with Gasteiger partial charge < -0.3 is 24.1 Å². The van der Waals surface area contributed by atoms with Crippen LogP contribution in [0.2, 0.25) is 0 Å². The number of carbonyl (C=O) groups excluding carboxylic acids is 3. The van der Waals surface area contributed by atoms with Crippen LogP contribution in [0.1, 0.15) is 109 Å². The topological polar surface area (TPSA) is 125 Å². The molecule has 1 aromatic rings. The maximum absolute atomic E-state index is 15.1. The minimum atomic E-state index is -1.66. The number of allylic oxidation sites excluding steroid dienone is 5. The Balaban J connectivity index is 1.64. The van der Waals surface area contributed by atoms with Crippen molar-refractivity contribution in [3.8, 4) is 17.2 Å².